The number of aromatic nitrogens is 1. The van der Waals surface area contributed by atoms with Crippen LogP contribution in [-0.4, -0.2) is 16.1 Å². The second kappa shape index (κ2) is 7.70. The van der Waals surface area contributed by atoms with Gasteiger partial charge in [0.05, 0.1) is 5.25 Å². The Bertz CT molecular complexity index is 531. The maximum atomic E-state index is 12.0. The maximum Gasteiger partial charge on any atom is 0.233 e. The van der Waals surface area contributed by atoms with Crippen LogP contribution in [0.15, 0.2) is 54.9 Å². The Kier molecular flexibility index (Phi) is 5.62. The van der Waals surface area contributed by atoms with Crippen molar-refractivity contribution in [2.24, 2.45) is 0 Å². The molecule has 4 heteroatoms. The molecule has 0 aliphatic carbocycles. The molecule has 2 aromatic rings. The van der Waals surface area contributed by atoms with Gasteiger partial charge in [-0.25, -0.2) is 0 Å². The quantitative estimate of drug-likeness (QED) is 0.887. The van der Waals surface area contributed by atoms with E-state index >= 15 is 0 Å². The molecule has 1 atom stereocenters. The summed E-state index contributed by atoms with van der Waals surface area (Å²) >= 11 is 1.65. The van der Waals surface area contributed by atoms with Crippen molar-refractivity contribution in [3.8, 4) is 0 Å². The number of carbonyl (C=O) groups is 1. The molecule has 1 heterocycles. The van der Waals surface area contributed by atoms with E-state index < -0.39 is 0 Å². The van der Waals surface area contributed by atoms with Gasteiger partial charge in [-0.05, 0) is 24.1 Å². The molecule has 0 saturated heterocycles. The summed E-state index contributed by atoms with van der Waals surface area (Å²) < 4.78 is 0. The highest BCUT2D eigenvalue weighted by Gasteiger charge is 2.12. The lowest BCUT2D eigenvalue weighted by Crippen LogP contribution is -2.30. The number of nitrogens with zero attached hydrogens (tertiary/aromatic N) is 1. The molecule has 0 bridgehead atoms. The van der Waals surface area contributed by atoms with Crippen LogP contribution in [0.3, 0.4) is 0 Å². The molecule has 1 unspecified atom stereocenters. The van der Waals surface area contributed by atoms with Gasteiger partial charge in [0.2, 0.25) is 5.91 Å². The van der Waals surface area contributed by atoms with Gasteiger partial charge >= 0.3 is 0 Å². The molecule has 0 aliphatic heterocycles. The van der Waals surface area contributed by atoms with Gasteiger partial charge in [-0.15, -0.1) is 11.8 Å². The minimum atomic E-state index is -0.0631. The minimum absolute atomic E-state index is 0.0631. The van der Waals surface area contributed by atoms with E-state index in [1.54, 1.807) is 24.2 Å². The number of amides is 1. The van der Waals surface area contributed by atoms with Gasteiger partial charge in [0, 0.05) is 24.7 Å². The van der Waals surface area contributed by atoms with Crippen molar-refractivity contribution >= 4 is 17.7 Å². The summed E-state index contributed by atoms with van der Waals surface area (Å²) in [4.78, 5) is 16.0. The van der Waals surface area contributed by atoms with E-state index in [-0.39, 0.29) is 11.2 Å². The molecule has 1 aromatic carbocycles. The number of carbonyl (C=O) groups excluding carboxylic acids is 1. The van der Waals surface area contributed by atoms with Crippen LogP contribution < -0.4 is 5.32 Å². The molecular formula is C16H18N2OS. The largest absolute Gasteiger partial charge is 0.351 e. The van der Waals surface area contributed by atoms with E-state index in [2.05, 4.69) is 22.4 Å². The number of thioether (sulfide) groups is 1. The van der Waals surface area contributed by atoms with Crippen molar-refractivity contribution in [2.45, 2.75) is 24.5 Å². The van der Waals surface area contributed by atoms with E-state index in [0.717, 1.165) is 11.3 Å². The molecule has 0 radical (unpaired) electrons. The zero-order valence-electron chi connectivity index (χ0n) is 11.5. The lowest BCUT2D eigenvalue weighted by Gasteiger charge is -2.12. The summed E-state index contributed by atoms with van der Waals surface area (Å²) in [6.07, 6.45) is 3.49. The lowest BCUT2D eigenvalue weighted by molar-refractivity contribution is -0.120. The van der Waals surface area contributed by atoms with Gasteiger partial charge in [0.25, 0.3) is 0 Å². The molecule has 0 aliphatic rings. The Hall–Kier alpha value is -1.81. The first-order valence-electron chi connectivity index (χ1n) is 6.58. The molecule has 20 heavy (non-hydrogen) atoms. The molecule has 0 saturated carbocycles. The molecule has 3 nitrogen and oxygen atoms in total. The zero-order valence-corrected chi connectivity index (χ0v) is 12.3. The second-order valence-electron chi connectivity index (χ2n) is 4.52. The summed E-state index contributed by atoms with van der Waals surface area (Å²) in [7, 11) is 0. The lowest BCUT2D eigenvalue weighted by atomic mass is 10.2. The number of benzene rings is 1. The zero-order chi connectivity index (χ0) is 14.2. The van der Waals surface area contributed by atoms with Gasteiger partial charge in [0.1, 0.15) is 0 Å². The Balaban J connectivity index is 1.75. The first-order valence-corrected chi connectivity index (χ1v) is 7.63. The third-order valence-corrected chi connectivity index (χ3v) is 4.12. The minimum Gasteiger partial charge on any atom is -0.351 e. The fraction of sp³-hybridized carbons (Fsp3) is 0.250. The van der Waals surface area contributed by atoms with Gasteiger partial charge in [-0.1, -0.05) is 36.4 Å². The highest BCUT2D eigenvalue weighted by Crippen LogP contribution is 2.17. The molecule has 1 aromatic heterocycles. The molecule has 1 amide bonds. The Labute approximate surface area is 123 Å². The summed E-state index contributed by atoms with van der Waals surface area (Å²) in [5.74, 6) is 0.914. The fourth-order valence-corrected chi connectivity index (χ4v) is 2.58. The van der Waals surface area contributed by atoms with Crippen molar-refractivity contribution in [1.29, 1.82) is 0 Å². The Morgan fingerprint density at radius 2 is 1.95 bits per heavy atom. The van der Waals surface area contributed by atoms with Gasteiger partial charge in [-0.2, -0.15) is 0 Å². The smallest absolute Gasteiger partial charge is 0.233 e. The van der Waals surface area contributed by atoms with Crippen LogP contribution in [0.5, 0.6) is 0 Å². The number of rotatable bonds is 6. The van der Waals surface area contributed by atoms with E-state index in [0.29, 0.717) is 6.54 Å². The normalized spacial score (nSPS) is 11.8. The van der Waals surface area contributed by atoms with E-state index in [1.807, 2.05) is 37.3 Å². The van der Waals surface area contributed by atoms with Crippen LogP contribution in [-0.2, 0) is 17.1 Å². The number of pyridine rings is 1. The number of hydrogen-bond donors (Lipinski definition) is 1. The summed E-state index contributed by atoms with van der Waals surface area (Å²) in [5.41, 5.74) is 2.26. The highest BCUT2D eigenvalue weighted by atomic mass is 32.2. The Morgan fingerprint density at radius 3 is 2.65 bits per heavy atom. The average Bonchev–Trinajstić information content (AvgIpc) is 2.52. The Morgan fingerprint density at radius 1 is 1.20 bits per heavy atom. The van der Waals surface area contributed by atoms with Crippen molar-refractivity contribution in [3.05, 3.63) is 66.0 Å². The molecule has 0 fully saturated rings. The highest BCUT2D eigenvalue weighted by molar-refractivity contribution is 7.99. The number of hydrogen-bond acceptors (Lipinski definition) is 3. The van der Waals surface area contributed by atoms with Crippen molar-refractivity contribution in [1.82, 2.24) is 10.3 Å². The van der Waals surface area contributed by atoms with E-state index in [9.17, 15) is 4.79 Å². The summed E-state index contributed by atoms with van der Waals surface area (Å²) in [5, 5.41) is 2.87. The second-order valence-corrected chi connectivity index (χ2v) is 5.85. The third kappa shape index (κ3) is 4.70. The first kappa shape index (κ1) is 14.6. The number of nitrogens with one attached hydrogen (secondary N) is 1. The third-order valence-electron chi connectivity index (χ3n) is 2.90. The van der Waals surface area contributed by atoms with Crippen molar-refractivity contribution < 1.29 is 4.79 Å². The van der Waals surface area contributed by atoms with Crippen molar-refractivity contribution in [2.75, 3.05) is 0 Å². The average molecular weight is 286 g/mol. The van der Waals surface area contributed by atoms with Crippen LogP contribution in [0, 0.1) is 0 Å². The van der Waals surface area contributed by atoms with E-state index in [4.69, 9.17) is 0 Å². The molecule has 1 N–H and O–H groups in total. The van der Waals surface area contributed by atoms with Crippen LogP contribution >= 0.6 is 11.8 Å². The predicted molar refractivity (Wildman–Crippen MR) is 83.3 cm³/mol. The van der Waals surface area contributed by atoms with Crippen LogP contribution in [0.1, 0.15) is 18.1 Å². The molecule has 2 rings (SSSR count). The molecule has 0 spiro atoms. The van der Waals surface area contributed by atoms with Crippen LogP contribution in [0.25, 0.3) is 0 Å². The monoisotopic (exact) mass is 286 g/mol. The standard InChI is InChI=1S/C16H18N2OS/c1-13(20-12-14-6-3-2-4-7-14)16(19)18-11-15-8-5-9-17-10-15/h2-10,13H,11-12H2,1H3,(H,18,19). The topological polar surface area (TPSA) is 42.0 Å². The van der Waals surface area contributed by atoms with Crippen molar-refractivity contribution in [3.63, 3.8) is 0 Å². The van der Waals surface area contributed by atoms with E-state index in [1.165, 1.54) is 5.56 Å². The molecular weight excluding hydrogens is 268 g/mol. The maximum absolute atomic E-state index is 12.0. The van der Waals surface area contributed by atoms with Gasteiger partial charge in [-0.3, -0.25) is 9.78 Å². The fourth-order valence-electron chi connectivity index (χ4n) is 1.71. The van der Waals surface area contributed by atoms with Crippen LogP contribution in [0.4, 0.5) is 0 Å². The van der Waals surface area contributed by atoms with Gasteiger partial charge in [0.15, 0.2) is 0 Å². The van der Waals surface area contributed by atoms with Gasteiger partial charge < -0.3 is 5.32 Å². The SMILES string of the molecule is CC(SCc1ccccc1)C(=O)NCc1cccnc1. The predicted octanol–water partition coefficient (Wildman–Crippen LogP) is 3.02. The molecule has 104 valence electrons. The summed E-state index contributed by atoms with van der Waals surface area (Å²) in [6.45, 7) is 2.47. The van der Waals surface area contributed by atoms with Crippen LogP contribution in [0.2, 0.25) is 0 Å². The summed E-state index contributed by atoms with van der Waals surface area (Å²) in [6, 6.07) is 14.0. The first-order chi connectivity index (χ1) is 9.75.